The summed E-state index contributed by atoms with van der Waals surface area (Å²) in [5.41, 5.74) is 2.05. The number of hydrogen-bond acceptors (Lipinski definition) is 8. The zero-order valence-electron chi connectivity index (χ0n) is 25.8. The Balaban J connectivity index is 1.28. The Kier molecular flexibility index (Phi) is 10.4. The van der Waals surface area contributed by atoms with Gasteiger partial charge in [-0.05, 0) is 115 Å². The number of hydrogen-bond donors (Lipinski definition) is 2. The molecule has 1 aliphatic rings. The molecule has 0 radical (unpaired) electrons. The van der Waals surface area contributed by atoms with Gasteiger partial charge in [0.2, 0.25) is 10.0 Å². The van der Waals surface area contributed by atoms with Gasteiger partial charge >= 0.3 is 5.97 Å². The molecule has 0 atom stereocenters. The van der Waals surface area contributed by atoms with Crippen LogP contribution in [0.2, 0.25) is 0 Å². The van der Waals surface area contributed by atoms with Gasteiger partial charge in [0, 0.05) is 31.1 Å². The number of carbonyl (C=O) groups excluding carboxylic acids is 1. The zero-order valence-corrected chi connectivity index (χ0v) is 29.0. The molecule has 0 saturated carbocycles. The molecule has 1 fully saturated rings. The molecule has 15 heteroatoms. The summed E-state index contributed by atoms with van der Waals surface area (Å²) in [6.07, 6.45) is 3.03. The lowest BCUT2D eigenvalue weighted by atomic mass is 9.90. The fourth-order valence-electron chi connectivity index (χ4n) is 5.61. The number of nitrogens with one attached hydrogen (secondary N) is 1. The van der Waals surface area contributed by atoms with Crippen LogP contribution in [-0.4, -0.2) is 66.9 Å². The van der Waals surface area contributed by atoms with Crippen LogP contribution in [0.15, 0.2) is 81.3 Å². The predicted molar refractivity (Wildman–Crippen MR) is 178 cm³/mol. The average Bonchev–Trinajstić information content (AvgIpc) is 3.36. The first-order valence-electron chi connectivity index (χ1n) is 15.0. The average molecular weight is 748 g/mol. The van der Waals surface area contributed by atoms with Crippen LogP contribution in [0.3, 0.4) is 0 Å². The molecular formula is C32H35BrN4O8S2. The Morgan fingerprint density at radius 2 is 1.62 bits per heavy atom. The number of pyridine rings is 1. The second-order valence-electron chi connectivity index (χ2n) is 11.6. The third-order valence-electron chi connectivity index (χ3n) is 7.87. The second kappa shape index (κ2) is 14.1. The highest BCUT2D eigenvalue weighted by molar-refractivity contribution is 9.10. The molecule has 3 heterocycles. The Labute approximate surface area is 282 Å². The molecule has 1 aliphatic heterocycles. The summed E-state index contributed by atoms with van der Waals surface area (Å²) in [6, 6.07) is 15.8. The summed E-state index contributed by atoms with van der Waals surface area (Å²) < 4.78 is 64.0. The number of fused-ring (bicyclic) bond motifs is 1. The van der Waals surface area contributed by atoms with E-state index in [0.717, 1.165) is 10.9 Å². The van der Waals surface area contributed by atoms with E-state index < -0.39 is 31.9 Å². The maximum absolute atomic E-state index is 13.4. The molecule has 1 saturated heterocycles. The molecule has 2 aromatic carbocycles. The number of rotatable bonds is 12. The van der Waals surface area contributed by atoms with E-state index >= 15 is 0 Å². The van der Waals surface area contributed by atoms with E-state index in [1.165, 1.54) is 28.6 Å². The van der Waals surface area contributed by atoms with Gasteiger partial charge in [0.05, 0.1) is 15.9 Å². The van der Waals surface area contributed by atoms with Gasteiger partial charge in [-0.3, -0.25) is 9.59 Å². The number of piperidine rings is 1. The van der Waals surface area contributed by atoms with E-state index in [1.54, 1.807) is 41.1 Å². The molecule has 250 valence electrons. The summed E-state index contributed by atoms with van der Waals surface area (Å²) in [5, 5.41) is 9.66. The fraction of sp³-hybridized carbons (Fsp3) is 0.344. The first-order chi connectivity index (χ1) is 22.2. The van der Waals surface area contributed by atoms with E-state index in [-0.39, 0.29) is 41.2 Å². The maximum atomic E-state index is 13.4. The number of carboxylic acids is 1. The van der Waals surface area contributed by atoms with Crippen molar-refractivity contribution in [3.63, 3.8) is 0 Å². The van der Waals surface area contributed by atoms with E-state index in [0.29, 0.717) is 47.5 Å². The zero-order chi connectivity index (χ0) is 33.9. The largest absolute Gasteiger partial charge is 0.491 e. The molecule has 0 unspecified atom stereocenters. The van der Waals surface area contributed by atoms with Crippen molar-refractivity contribution in [1.82, 2.24) is 18.6 Å². The van der Waals surface area contributed by atoms with Gasteiger partial charge in [0.1, 0.15) is 22.5 Å². The minimum atomic E-state index is -4.18. The summed E-state index contributed by atoms with van der Waals surface area (Å²) in [6.45, 7) is 4.09. The van der Waals surface area contributed by atoms with Crippen molar-refractivity contribution in [2.75, 3.05) is 13.1 Å². The normalized spacial score (nSPS) is 14.8. The Bertz CT molecular complexity index is 1990. The number of aryl methyl sites for hydroxylation is 1. The first kappa shape index (κ1) is 34.5. The second-order valence-corrected chi connectivity index (χ2v) is 16.0. The lowest BCUT2D eigenvalue weighted by Crippen LogP contribution is -2.37. The van der Waals surface area contributed by atoms with E-state index in [2.05, 4.69) is 25.6 Å². The van der Waals surface area contributed by atoms with Crippen LogP contribution in [0.5, 0.6) is 5.75 Å². The quantitative estimate of drug-likeness (QED) is 0.196. The van der Waals surface area contributed by atoms with Gasteiger partial charge in [0.25, 0.3) is 15.9 Å². The number of amides is 1. The number of aromatic nitrogens is 2. The number of sulfonamides is 2. The van der Waals surface area contributed by atoms with Crippen molar-refractivity contribution in [1.29, 1.82) is 0 Å². The number of nitrogens with zero attached hydrogens (tertiary/aromatic N) is 3. The van der Waals surface area contributed by atoms with Crippen molar-refractivity contribution in [3.8, 4) is 5.75 Å². The predicted octanol–water partition coefficient (Wildman–Crippen LogP) is 4.68. The number of carboxylic acid groups (broad SMARTS) is 1. The molecule has 12 nitrogen and oxygen atoms in total. The maximum Gasteiger partial charge on any atom is 0.303 e. The van der Waals surface area contributed by atoms with Crippen molar-refractivity contribution in [2.24, 2.45) is 0 Å². The molecule has 0 aliphatic carbocycles. The highest BCUT2D eigenvalue weighted by atomic mass is 79.9. The monoisotopic (exact) mass is 746 g/mol. The standard InChI is InChI=1S/C32H35BrN4O8S2/c1-21(2)45-24-6-10-26(11-7-24)47(43,44)37-17-15-23(16-18-37)28-19-36(32-27(28)12-13-29(33)34-32)20-30(38)35-46(41,42)25-8-3-22(4-9-25)5-14-31(39)40/h3-4,6-13,19,21,23H,5,14-18,20H2,1-2H3,(H,35,38)(H,39,40). The van der Waals surface area contributed by atoms with Crippen LogP contribution in [0, 0.1) is 0 Å². The lowest BCUT2D eigenvalue weighted by molar-refractivity contribution is -0.137. The SMILES string of the molecule is CC(C)Oc1ccc(S(=O)(=O)N2CCC(c3cn(CC(=O)NS(=O)(=O)c4ccc(CCC(=O)O)cc4)c4nc(Br)ccc34)CC2)cc1. The Hall–Kier alpha value is -3.79. The van der Waals surface area contributed by atoms with Gasteiger partial charge < -0.3 is 14.4 Å². The number of aliphatic carboxylic acids is 1. The molecule has 5 rings (SSSR count). The van der Waals surface area contributed by atoms with Gasteiger partial charge in [0.15, 0.2) is 0 Å². The van der Waals surface area contributed by atoms with Crippen LogP contribution >= 0.6 is 15.9 Å². The summed E-state index contributed by atoms with van der Waals surface area (Å²) >= 11 is 3.38. The molecule has 1 amide bonds. The van der Waals surface area contributed by atoms with E-state index in [9.17, 15) is 26.4 Å². The van der Waals surface area contributed by atoms with Crippen LogP contribution < -0.4 is 9.46 Å². The van der Waals surface area contributed by atoms with Crippen molar-refractivity contribution >= 4 is 58.9 Å². The van der Waals surface area contributed by atoms with Crippen LogP contribution in [0.1, 0.15) is 50.2 Å². The number of ether oxygens (including phenoxy) is 1. The first-order valence-corrected chi connectivity index (χ1v) is 18.7. The molecule has 4 aromatic rings. The summed E-state index contributed by atoms with van der Waals surface area (Å²) in [5.74, 6) is -1.13. The summed E-state index contributed by atoms with van der Waals surface area (Å²) in [4.78, 5) is 28.5. The van der Waals surface area contributed by atoms with Crippen LogP contribution in [0.25, 0.3) is 11.0 Å². The van der Waals surface area contributed by atoms with Crippen molar-refractivity contribution in [2.45, 2.75) is 67.9 Å². The van der Waals surface area contributed by atoms with E-state index in [1.807, 2.05) is 19.9 Å². The Morgan fingerprint density at radius 3 is 2.23 bits per heavy atom. The molecule has 0 bridgehead atoms. The number of halogens is 1. The molecule has 0 spiro atoms. The van der Waals surface area contributed by atoms with Crippen molar-refractivity contribution in [3.05, 3.63) is 82.6 Å². The molecular weight excluding hydrogens is 712 g/mol. The van der Waals surface area contributed by atoms with Gasteiger partial charge in [-0.15, -0.1) is 0 Å². The third-order valence-corrected chi connectivity index (χ3v) is 11.6. The summed E-state index contributed by atoms with van der Waals surface area (Å²) in [7, 11) is -7.88. The van der Waals surface area contributed by atoms with E-state index in [4.69, 9.17) is 9.84 Å². The van der Waals surface area contributed by atoms with Crippen LogP contribution in [0.4, 0.5) is 0 Å². The third kappa shape index (κ3) is 8.20. The number of benzene rings is 2. The van der Waals surface area contributed by atoms with Gasteiger partial charge in [-0.1, -0.05) is 12.1 Å². The molecule has 2 aromatic heterocycles. The Morgan fingerprint density at radius 1 is 0.979 bits per heavy atom. The minimum Gasteiger partial charge on any atom is -0.491 e. The minimum absolute atomic E-state index is 0.0126. The number of carbonyl (C=O) groups is 2. The topological polar surface area (TPSA) is 165 Å². The molecule has 2 N–H and O–H groups in total. The molecule has 47 heavy (non-hydrogen) atoms. The fourth-order valence-corrected chi connectivity index (χ4v) is 8.36. The van der Waals surface area contributed by atoms with Gasteiger partial charge in [-0.2, -0.15) is 4.31 Å². The smallest absolute Gasteiger partial charge is 0.303 e. The lowest BCUT2D eigenvalue weighted by Gasteiger charge is -2.31. The highest BCUT2D eigenvalue weighted by Crippen LogP contribution is 2.36. The van der Waals surface area contributed by atoms with Gasteiger partial charge in [-0.25, -0.2) is 26.5 Å². The highest BCUT2D eigenvalue weighted by Gasteiger charge is 2.32. The van der Waals surface area contributed by atoms with Crippen LogP contribution in [-0.2, 0) is 42.6 Å². The van der Waals surface area contributed by atoms with Crippen molar-refractivity contribution < 1.29 is 36.3 Å².